The number of hydrogen-bond donors (Lipinski definition) is 2. The zero-order valence-electron chi connectivity index (χ0n) is 13.2. The average Bonchev–Trinajstić information content (AvgIpc) is 2.40. The van der Waals surface area contributed by atoms with Crippen molar-refractivity contribution in [1.82, 2.24) is 0 Å². The predicted molar refractivity (Wildman–Crippen MR) is 86.5 cm³/mol. The second kappa shape index (κ2) is 6.37. The lowest BCUT2D eigenvalue weighted by molar-refractivity contribution is 0.0527. The summed E-state index contributed by atoms with van der Waals surface area (Å²) in [6.07, 6.45) is 4.65. The van der Waals surface area contributed by atoms with Crippen LogP contribution in [-0.2, 0) is 4.74 Å². The van der Waals surface area contributed by atoms with E-state index in [1.165, 1.54) is 12.8 Å². The first-order valence-corrected chi connectivity index (χ1v) is 7.75. The van der Waals surface area contributed by atoms with E-state index in [4.69, 9.17) is 10.5 Å². The van der Waals surface area contributed by atoms with E-state index in [9.17, 15) is 4.79 Å². The standard InChI is InChI=1S/C17H26N2O2/c1-4-21-16(20)13-8-5-9-14(18)15(13)19-12-7-6-10-17(2,3)11-12/h5,8-9,12,19H,4,6-7,10-11,18H2,1-3H3. The van der Waals surface area contributed by atoms with Crippen LogP contribution in [0.5, 0.6) is 0 Å². The molecule has 1 fully saturated rings. The summed E-state index contributed by atoms with van der Waals surface area (Å²) in [5.41, 5.74) is 8.26. The molecule has 0 aliphatic heterocycles. The topological polar surface area (TPSA) is 64.3 Å². The van der Waals surface area contributed by atoms with Crippen molar-refractivity contribution in [2.45, 2.75) is 52.5 Å². The van der Waals surface area contributed by atoms with E-state index in [-0.39, 0.29) is 5.97 Å². The SMILES string of the molecule is CCOC(=O)c1cccc(N)c1NC1CCCC(C)(C)C1. The third-order valence-electron chi connectivity index (χ3n) is 4.15. The van der Waals surface area contributed by atoms with Crippen molar-refractivity contribution in [3.8, 4) is 0 Å². The van der Waals surface area contributed by atoms with Crippen molar-refractivity contribution in [3.05, 3.63) is 23.8 Å². The third kappa shape index (κ3) is 3.90. The molecular formula is C17H26N2O2. The molecule has 4 heteroatoms. The molecule has 1 aromatic rings. The van der Waals surface area contributed by atoms with Crippen LogP contribution in [0, 0.1) is 5.41 Å². The van der Waals surface area contributed by atoms with Crippen LogP contribution in [0.15, 0.2) is 18.2 Å². The molecule has 0 heterocycles. The van der Waals surface area contributed by atoms with Gasteiger partial charge < -0.3 is 15.8 Å². The highest BCUT2D eigenvalue weighted by atomic mass is 16.5. The molecule has 0 aromatic heterocycles. The van der Waals surface area contributed by atoms with E-state index < -0.39 is 0 Å². The summed E-state index contributed by atoms with van der Waals surface area (Å²) in [5.74, 6) is -0.317. The Morgan fingerprint density at radius 3 is 2.90 bits per heavy atom. The summed E-state index contributed by atoms with van der Waals surface area (Å²) < 4.78 is 5.12. The number of nitrogen functional groups attached to an aromatic ring is 1. The number of anilines is 2. The third-order valence-corrected chi connectivity index (χ3v) is 4.15. The Kier molecular flexibility index (Phi) is 4.76. The molecule has 1 aliphatic carbocycles. The van der Waals surface area contributed by atoms with Gasteiger partial charge in [-0.15, -0.1) is 0 Å². The van der Waals surface area contributed by atoms with Gasteiger partial charge in [0.25, 0.3) is 0 Å². The highest BCUT2D eigenvalue weighted by Gasteiger charge is 2.29. The van der Waals surface area contributed by atoms with Crippen molar-refractivity contribution in [2.75, 3.05) is 17.7 Å². The maximum absolute atomic E-state index is 12.1. The lowest BCUT2D eigenvalue weighted by Gasteiger charge is -2.36. The first-order chi connectivity index (χ1) is 9.93. The Morgan fingerprint density at radius 2 is 2.24 bits per heavy atom. The van der Waals surface area contributed by atoms with Gasteiger partial charge in [0.15, 0.2) is 0 Å². The van der Waals surface area contributed by atoms with E-state index in [2.05, 4.69) is 19.2 Å². The summed E-state index contributed by atoms with van der Waals surface area (Å²) in [6, 6.07) is 5.73. The molecule has 21 heavy (non-hydrogen) atoms. The zero-order valence-corrected chi connectivity index (χ0v) is 13.2. The van der Waals surface area contributed by atoms with Crippen LogP contribution in [0.2, 0.25) is 0 Å². The van der Waals surface area contributed by atoms with Crippen LogP contribution in [0.3, 0.4) is 0 Å². The van der Waals surface area contributed by atoms with Crippen molar-refractivity contribution in [3.63, 3.8) is 0 Å². The van der Waals surface area contributed by atoms with Gasteiger partial charge >= 0.3 is 5.97 Å². The first kappa shape index (κ1) is 15.7. The van der Waals surface area contributed by atoms with Gasteiger partial charge in [0, 0.05) is 6.04 Å². The maximum Gasteiger partial charge on any atom is 0.340 e. The van der Waals surface area contributed by atoms with Crippen molar-refractivity contribution < 1.29 is 9.53 Å². The van der Waals surface area contributed by atoms with Gasteiger partial charge in [-0.05, 0) is 43.7 Å². The first-order valence-electron chi connectivity index (χ1n) is 7.75. The summed E-state index contributed by atoms with van der Waals surface area (Å²) in [5, 5.41) is 3.49. The lowest BCUT2D eigenvalue weighted by Crippen LogP contribution is -2.32. The molecule has 0 amide bonds. The fourth-order valence-corrected chi connectivity index (χ4v) is 3.14. The van der Waals surface area contributed by atoms with E-state index in [1.807, 2.05) is 6.07 Å². The van der Waals surface area contributed by atoms with Crippen molar-refractivity contribution in [2.24, 2.45) is 5.41 Å². The molecule has 2 rings (SSSR count). The Morgan fingerprint density at radius 1 is 1.48 bits per heavy atom. The highest BCUT2D eigenvalue weighted by Crippen LogP contribution is 2.37. The molecule has 0 saturated heterocycles. The molecule has 116 valence electrons. The van der Waals surface area contributed by atoms with Gasteiger partial charge in [-0.25, -0.2) is 4.79 Å². The second-order valence-corrected chi connectivity index (χ2v) is 6.59. The largest absolute Gasteiger partial charge is 0.462 e. The monoisotopic (exact) mass is 290 g/mol. The fraction of sp³-hybridized carbons (Fsp3) is 0.588. The highest BCUT2D eigenvalue weighted by molar-refractivity contribution is 5.98. The minimum Gasteiger partial charge on any atom is -0.462 e. The van der Waals surface area contributed by atoms with Gasteiger partial charge in [-0.3, -0.25) is 0 Å². The summed E-state index contributed by atoms with van der Waals surface area (Å²) in [4.78, 5) is 12.1. The molecule has 1 unspecified atom stereocenters. The number of esters is 1. The molecule has 1 aliphatic rings. The molecular weight excluding hydrogens is 264 g/mol. The average molecular weight is 290 g/mol. The quantitative estimate of drug-likeness (QED) is 0.653. The predicted octanol–water partition coefficient (Wildman–Crippen LogP) is 3.83. The van der Waals surface area contributed by atoms with Crippen LogP contribution in [0.4, 0.5) is 11.4 Å². The molecule has 3 N–H and O–H groups in total. The van der Waals surface area contributed by atoms with Gasteiger partial charge in [0.2, 0.25) is 0 Å². The Balaban J connectivity index is 2.20. The minimum absolute atomic E-state index is 0.317. The van der Waals surface area contributed by atoms with Crippen molar-refractivity contribution in [1.29, 1.82) is 0 Å². The molecule has 0 spiro atoms. The number of ether oxygens (including phenoxy) is 1. The summed E-state index contributed by atoms with van der Waals surface area (Å²) >= 11 is 0. The van der Waals surface area contributed by atoms with Crippen LogP contribution in [-0.4, -0.2) is 18.6 Å². The Labute approximate surface area is 127 Å². The minimum atomic E-state index is -0.317. The van der Waals surface area contributed by atoms with Gasteiger partial charge in [-0.1, -0.05) is 26.3 Å². The lowest BCUT2D eigenvalue weighted by atomic mass is 9.75. The van der Waals surface area contributed by atoms with Crippen LogP contribution in [0.25, 0.3) is 0 Å². The number of carbonyl (C=O) groups excluding carboxylic acids is 1. The van der Waals surface area contributed by atoms with Crippen molar-refractivity contribution >= 4 is 17.3 Å². The zero-order chi connectivity index (χ0) is 15.5. The smallest absolute Gasteiger partial charge is 0.340 e. The molecule has 1 atom stereocenters. The normalized spacial score (nSPS) is 20.8. The number of para-hydroxylation sites is 1. The van der Waals surface area contributed by atoms with E-state index in [0.29, 0.717) is 29.3 Å². The molecule has 4 nitrogen and oxygen atoms in total. The van der Waals surface area contributed by atoms with Crippen LogP contribution in [0.1, 0.15) is 56.8 Å². The molecule has 0 radical (unpaired) electrons. The number of nitrogens with two attached hydrogens (primary N) is 1. The van der Waals surface area contributed by atoms with Gasteiger partial charge in [0.1, 0.15) is 0 Å². The Bertz CT molecular complexity index is 512. The molecule has 1 aromatic carbocycles. The molecule has 1 saturated carbocycles. The van der Waals surface area contributed by atoms with Gasteiger partial charge in [-0.2, -0.15) is 0 Å². The number of benzene rings is 1. The number of hydrogen-bond acceptors (Lipinski definition) is 4. The van der Waals surface area contributed by atoms with E-state index in [1.54, 1.807) is 19.1 Å². The number of rotatable bonds is 4. The molecule has 0 bridgehead atoms. The fourth-order valence-electron chi connectivity index (χ4n) is 3.14. The van der Waals surface area contributed by atoms with Crippen LogP contribution < -0.4 is 11.1 Å². The maximum atomic E-state index is 12.1. The number of carbonyl (C=O) groups is 1. The Hall–Kier alpha value is -1.71. The van der Waals surface area contributed by atoms with Gasteiger partial charge in [0.05, 0.1) is 23.5 Å². The van der Waals surface area contributed by atoms with E-state index in [0.717, 1.165) is 18.5 Å². The second-order valence-electron chi connectivity index (χ2n) is 6.59. The summed E-state index contributed by atoms with van der Waals surface area (Å²) in [7, 11) is 0. The summed E-state index contributed by atoms with van der Waals surface area (Å²) in [6.45, 7) is 6.76. The van der Waals surface area contributed by atoms with E-state index >= 15 is 0 Å². The van der Waals surface area contributed by atoms with Crippen LogP contribution >= 0.6 is 0 Å². The number of nitrogens with one attached hydrogen (secondary N) is 1.